The molecule has 0 amide bonds. The highest BCUT2D eigenvalue weighted by Gasteiger charge is 2.07. The smallest absolute Gasteiger partial charge is 0.200 e. The zero-order chi connectivity index (χ0) is 11.1. The van der Waals surface area contributed by atoms with Gasteiger partial charge in [-0.3, -0.25) is 0 Å². The molecule has 0 bridgehead atoms. The maximum atomic E-state index is 13.1. The van der Waals surface area contributed by atoms with Gasteiger partial charge in [0.05, 0.1) is 6.61 Å². The third-order valence-corrected chi connectivity index (χ3v) is 2.17. The molecular weight excluding hydrogens is 198 g/mol. The van der Waals surface area contributed by atoms with Gasteiger partial charge in [0, 0.05) is 0 Å². The van der Waals surface area contributed by atoms with Gasteiger partial charge in [-0.2, -0.15) is 4.39 Å². The molecule has 1 aromatic rings. The Kier molecular flexibility index (Phi) is 5.08. The average Bonchev–Trinajstić information content (AvgIpc) is 2.24. The summed E-state index contributed by atoms with van der Waals surface area (Å²) in [5.41, 5.74) is 0. The van der Waals surface area contributed by atoms with Gasteiger partial charge >= 0.3 is 0 Å². The van der Waals surface area contributed by atoms with Crippen molar-refractivity contribution in [2.75, 3.05) is 6.61 Å². The van der Waals surface area contributed by atoms with E-state index in [0.717, 1.165) is 31.7 Å². The third kappa shape index (κ3) is 3.86. The van der Waals surface area contributed by atoms with Crippen LogP contribution in [-0.4, -0.2) is 6.61 Å². The summed E-state index contributed by atoms with van der Waals surface area (Å²) < 4.78 is 31.0. The van der Waals surface area contributed by atoms with Crippen LogP contribution in [0.5, 0.6) is 5.75 Å². The number of halogens is 2. The summed E-state index contributed by atoms with van der Waals surface area (Å²) in [7, 11) is 0. The lowest BCUT2D eigenvalue weighted by Gasteiger charge is -2.06. The van der Waals surface area contributed by atoms with Crippen molar-refractivity contribution in [3.8, 4) is 5.75 Å². The summed E-state index contributed by atoms with van der Waals surface area (Å²) in [6.45, 7) is 2.56. The van der Waals surface area contributed by atoms with Gasteiger partial charge in [-0.1, -0.05) is 32.3 Å². The first kappa shape index (κ1) is 12.0. The van der Waals surface area contributed by atoms with Crippen molar-refractivity contribution in [2.24, 2.45) is 0 Å². The Labute approximate surface area is 89.1 Å². The van der Waals surface area contributed by atoms with Crippen LogP contribution in [0.15, 0.2) is 18.2 Å². The van der Waals surface area contributed by atoms with Crippen LogP contribution in [-0.2, 0) is 0 Å². The number of rotatable bonds is 6. The van der Waals surface area contributed by atoms with E-state index in [1.165, 1.54) is 12.1 Å². The molecule has 0 N–H and O–H groups in total. The normalized spacial score (nSPS) is 10.3. The number of hydrogen-bond donors (Lipinski definition) is 0. The molecule has 1 aromatic carbocycles. The first-order chi connectivity index (χ1) is 7.25. The van der Waals surface area contributed by atoms with Crippen LogP contribution >= 0.6 is 0 Å². The molecule has 0 heterocycles. The van der Waals surface area contributed by atoms with Gasteiger partial charge in [-0.15, -0.1) is 0 Å². The van der Waals surface area contributed by atoms with Crippen molar-refractivity contribution in [3.05, 3.63) is 29.8 Å². The fourth-order valence-electron chi connectivity index (χ4n) is 1.31. The van der Waals surface area contributed by atoms with E-state index in [1.54, 1.807) is 0 Å². The van der Waals surface area contributed by atoms with Crippen molar-refractivity contribution in [2.45, 2.75) is 32.6 Å². The molecule has 3 heteroatoms. The molecule has 1 rings (SSSR count). The monoisotopic (exact) mass is 214 g/mol. The maximum absolute atomic E-state index is 13.1. The Morgan fingerprint density at radius 2 is 1.93 bits per heavy atom. The van der Waals surface area contributed by atoms with E-state index in [2.05, 4.69) is 6.92 Å². The minimum absolute atomic E-state index is 0.00602. The van der Waals surface area contributed by atoms with Crippen LogP contribution < -0.4 is 4.74 Å². The lowest BCUT2D eigenvalue weighted by Crippen LogP contribution is -2.00. The van der Waals surface area contributed by atoms with Gasteiger partial charge < -0.3 is 4.74 Å². The quantitative estimate of drug-likeness (QED) is 0.652. The summed E-state index contributed by atoms with van der Waals surface area (Å²) in [6.07, 6.45) is 4.24. The summed E-state index contributed by atoms with van der Waals surface area (Å²) in [4.78, 5) is 0. The molecule has 0 fully saturated rings. The third-order valence-electron chi connectivity index (χ3n) is 2.17. The molecule has 0 spiro atoms. The Balaban J connectivity index is 2.34. The zero-order valence-electron chi connectivity index (χ0n) is 8.93. The highest BCUT2D eigenvalue weighted by molar-refractivity contribution is 5.24. The standard InChI is InChI=1S/C12H16F2O/c1-2-3-4-5-9-15-11-8-6-7-10(13)12(11)14/h6-8H,2-5,9H2,1H3. The second-order valence-corrected chi connectivity index (χ2v) is 3.46. The molecular formula is C12H16F2O. The van der Waals surface area contributed by atoms with Gasteiger partial charge in [0.1, 0.15) is 0 Å². The van der Waals surface area contributed by atoms with Crippen LogP contribution in [0.3, 0.4) is 0 Å². The largest absolute Gasteiger partial charge is 0.490 e. The number of benzene rings is 1. The molecule has 0 aliphatic heterocycles. The van der Waals surface area contributed by atoms with Crippen molar-refractivity contribution in [1.29, 1.82) is 0 Å². The molecule has 0 aromatic heterocycles. The zero-order valence-corrected chi connectivity index (χ0v) is 8.93. The first-order valence-electron chi connectivity index (χ1n) is 5.32. The van der Waals surface area contributed by atoms with Crippen LogP contribution in [0.25, 0.3) is 0 Å². The average molecular weight is 214 g/mol. The minimum Gasteiger partial charge on any atom is -0.490 e. The van der Waals surface area contributed by atoms with Crippen molar-refractivity contribution in [1.82, 2.24) is 0 Å². The summed E-state index contributed by atoms with van der Waals surface area (Å²) >= 11 is 0. The highest BCUT2D eigenvalue weighted by Crippen LogP contribution is 2.19. The molecule has 0 saturated heterocycles. The summed E-state index contributed by atoms with van der Waals surface area (Å²) in [5, 5.41) is 0. The Morgan fingerprint density at radius 1 is 1.13 bits per heavy atom. The molecule has 0 aliphatic carbocycles. The van der Waals surface area contributed by atoms with E-state index >= 15 is 0 Å². The summed E-state index contributed by atoms with van der Waals surface area (Å²) in [5.74, 6) is -1.75. The highest BCUT2D eigenvalue weighted by atomic mass is 19.2. The Morgan fingerprint density at radius 3 is 2.67 bits per heavy atom. The van der Waals surface area contributed by atoms with Crippen LogP contribution in [0, 0.1) is 11.6 Å². The fourth-order valence-corrected chi connectivity index (χ4v) is 1.31. The minimum atomic E-state index is -0.895. The molecule has 84 valence electrons. The Hall–Kier alpha value is -1.12. The van der Waals surface area contributed by atoms with Gasteiger partial charge in [0.25, 0.3) is 0 Å². The van der Waals surface area contributed by atoms with Gasteiger partial charge in [-0.05, 0) is 18.6 Å². The van der Waals surface area contributed by atoms with E-state index in [9.17, 15) is 8.78 Å². The van der Waals surface area contributed by atoms with Crippen molar-refractivity contribution < 1.29 is 13.5 Å². The first-order valence-corrected chi connectivity index (χ1v) is 5.32. The van der Waals surface area contributed by atoms with Gasteiger partial charge in [0.2, 0.25) is 5.82 Å². The second kappa shape index (κ2) is 6.38. The van der Waals surface area contributed by atoms with Crippen molar-refractivity contribution in [3.63, 3.8) is 0 Å². The number of ether oxygens (including phenoxy) is 1. The summed E-state index contributed by atoms with van der Waals surface area (Å²) in [6, 6.07) is 3.97. The van der Waals surface area contributed by atoms with E-state index in [4.69, 9.17) is 4.74 Å². The molecule has 0 unspecified atom stereocenters. The predicted octanol–water partition coefficient (Wildman–Crippen LogP) is 3.92. The van der Waals surface area contributed by atoms with E-state index < -0.39 is 11.6 Å². The second-order valence-electron chi connectivity index (χ2n) is 3.46. The van der Waals surface area contributed by atoms with Crippen LogP contribution in [0.1, 0.15) is 32.6 Å². The molecule has 0 radical (unpaired) electrons. The van der Waals surface area contributed by atoms with Gasteiger partial charge in [0.15, 0.2) is 11.6 Å². The van der Waals surface area contributed by atoms with Crippen LogP contribution in [0.2, 0.25) is 0 Å². The van der Waals surface area contributed by atoms with Crippen LogP contribution in [0.4, 0.5) is 8.78 Å². The van der Waals surface area contributed by atoms with Crippen molar-refractivity contribution >= 4 is 0 Å². The molecule has 0 aliphatic rings. The SMILES string of the molecule is CCCCCCOc1cccc(F)c1F. The Bertz CT molecular complexity index is 300. The predicted molar refractivity (Wildman–Crippen MR) is 56.0 cm³/mol. The van der Waals surface area contributed by atoms with E-state index in [0.29, 0.717) is 6.61 Å². The molecule has 1 nitrogen and oxygen atoms in total. The van der Waals surface area contributed by atoms with Gasteiger partial charge in [-0.25, -0.2) is 4.39 Å². The lowest BCUT2D eigenvalue weighted by atomic mass is 10.2. The topological polar surface area (TPSA) is 9.23 Å². The fraction of sp³-hybridized carbons (Fsp3) is 0.500. The lowest BCUT2D eigenvalue weighted by molar-refractivity contribution is 0.285. The number of hydrogen-bond acceptors (Lipinski definition) is 1. The van der Waals surface area contributed by atoms with E-state index in [-0.39, 0.29) is 5.75 Å². The van der Waals surface area contributed by atoms with E-state index in [1.807, 2.05) is 0 Å². The number of unbranched alkanes of at least 4 members (excludes halogenated alkanes) is 3. The molecule has 0 saturated carbocycles. The maximum Gasteiger partial charge on any atom is 0.200 e. The molecule has 15 heavy (non-hydrogen) atoms. The molecule has 0 atom stereocenters.